The van der Waals surface area contributed by atoms with Crippen molar-refractivity contribution in [2.24, 2.45) is 0 Å². The van der Waals surface area contributed by atoms with Crippen LogP contribution in [-0.4, -0.2) is 57.1 Å². The van der Waals surface area contributed by atoms with Crippen molar-refractivity contribution in [2.75, 3.05) is 43.4 Å². The van der Waals surface area contributed by atoms with E-state index in [1.807, 2.05) is 24.3 Å². The van der Waals surface area contributed by atoms with Gasteiger partial charge in [-0.05, 0) is 24.3 Å². The molecule has 1 aromatic carbocycles. The zero-order chi connectivity index (χ0) is 16.9. The van der Waals surface area contributed by atoms with Crippen LogP contribution >= 0.6 is 11.6 Å². The van der Waals surface area contributed by atoms with E-state index < -0.39 is 10.0 Å². The normalized spacial score (nSPS) is 16.3. The molecule has 1 aliphatic heterocycles. The van der Waals surface area contributed by atoms with Crippen LogP contribution in [0.4, 0.5) is 5.69 Å². The summed E-state index contributed by atoms with van der Waals surface area (Å²) in [4.78, 5) is 13.3. The Balaban J connectivity index is 1.85. The minimum absolute atomic E-state index is 0.0559. The fourth-order valence-electron chi connectivity index (χ4n) is 2.45. The highest BCUT2D eigenvalue weighted by atomic mass is 35.5. The molecule has 0 atom stereocenters. The van der Waals surface area contributed by atoms with E-state index in [9.17, 15) is 13.2 Å². The van der Waals surface area contributed by atoms with Crippen molar-refractivity contribution in [1.29, 1.82) is 0 Å². The van der Waals surface area contributed by atoms with Crippen molar-refractivity contribution >= 4 is 33.2 Å². The molecular formula is C15H22ClN3O3S. The van der Waals surface area contributed by atoms with Crippen molar-refractivity contribution in [3.63, 3.8) is 0 Å². The summed E-state index contributed by atoms with van der Waals surface area (Å²) in [5.74, 6) is -0.188. The lowest BCUT2D eigenvalue weighted by Gasteiger charge is -2.35. The molecule has 1 amide bonds. The highest BCUT2D eigenvalue weighted by Crippen LogP contribution is 2.20. The molecule has 8 heteroatoms. The summed E-state index contributed by atoms with van der Waals surface area (Å²) in [6, 6.07) is 7.53. The molecule has 0 aromatic heterocycles. The SMILES string of the molecule is CCC(=O)NCCS(=O)(=O)N1CCN(c2ccc(Cl)cc2)CC1. The molecule has 0 unspecified atom stereocenters. The predicted molar refractivity (Wildman–Crippen MR) is 92.3 cm³/mol. The van der Waals surface area contributed by atoms with E-state index in [4.69, 9.17) is 11.6 Å². The first-order valence-electron chi connectivity index (χ1n) is 7.67. The molecule has 1 aromatic rings. The van der Waals surface area contributed by atoms with Crippen molar-refractivity contribution in [1.82, 2.24) is 9.62 Å². The second-order valence-corrected chi connectivity index (χ2v) is 7.91. The molecule has 1 heterocycles. The van der Waals surface area contributed by atoms with Crippen LogP contribution in [0.1, 0.15) is 13.3 Å². The van der Waals surface area contributed by atoms with Gasteiger partial charge >= 0.3 is 0 Å². The van der Waals surface area contributed by atoms with Crippen LogP contribution in [0.2, 0.25) is 5.02 Å². The van der Waals surface area contributed by atoms with Gasteiger partial charge in [0.2, 0.25) is 15.9 Å². The first-order valence-corrected chi connectivity index (χ1v) is 9.66. The second-order valence-electron chi connectivity index (χ2n) is 5.38. The lowest BCUT2D eigenvalue weighted by Crippen LogP contribution is -2.50. The molecule has 0 saturated carbocycles. The van der Waals surface area contributed by atoms with Gasteiger partial charge in [0.1, 0.15) is 0 Å². The Morgan fingerprint density at radius 1 is 1.17 bits per heavy atom. The van der Waals surface area contributed by atoms with E-state index in [1.54, 1.807) is 6.92 Å². The van der Waals surface area contributed by atoms with Crippen LogP contribution < -0.4 is 10.2 Å². The Kier molecular flexibility index (Phi) is 6.26. The highest BCUT2D eigenvalue weighted by Gasteiger charge is 2.26. The quantitative estimate of drug-likeness (QED) is 0.831. The van der Waals surface area contributed by atoms with Crippen LogP contribution in [0.3, 0.4) is 0 Å². The van der Waals surface area contributed by atoms with Gasteiger partial charge in [0.25, 0.3) is 0 Å². The maximum atomic E-state index is 12.3. The lowest BCUT2D eigenvalue weighted by molar-refractivity contribution is -0.120. The number of carbonyl (C=O) groups is 1. The van der Waals surface area contributed by atoms with Crippen molar-refractivity contribution in [3.8, 4) is 0 Å². The van der Waals surface area contributed by atoms with Gasteiger partial charge < -0.3 is 10.2 Å². The van der Waals surface area contributed by atoms with Gasteiger partial charge in [-0.25, -0.2) is 8.42 Å². The molecule has 1 N–H and O–H groups in total. The summed E-state index contributed by atoms with van der Waals surface area (Å²) >= 11 is 5.88. The standard InChI is InChI=1S/C15H22ClN3O3S/c1-2-15(20)17-7-12-23(21,22)19-10-8-18(9-11-19)14-5-3-13(16)4-6-14/h3-6H,2,7-12H2,1H3,(H,17,20). The van der Waals surface area contributed by atoms with Crippen molar-refractivity contribution in [3.05, 3.63) is 29.3 Å². The predicted octanol–water partition coefficient (Wildman–Crippen LogP) is 1.32. The Morgan fingerprint density at radius 3 is 2.35 bits per heavy atom. The first-order chi connectivity index (χ1) is 10.9. The third-order valence-electron chi connectivity index (χ3n) is 3.83. The van der Waals surface area contributed by atoms with E-state index >= 15 is 0 Å². The zero-order valence-electron chi connectivity index (χ0n) is 13.2. The molecule has 23 heavy (non-hydrogen) atoms. The number of halogens is 1. The molecule has 0 radical (unpaired) electrons. The van der Waals surface area contributed by atoms with E-state index in [2.05, 4.69) is 10.2 Å². The van der Waals surface area contributed by atoms with Gasteiger partial charge in [0.05, 0.1) is 5.75 Å². The number of hydrogen-bond acceptors (Lipinski definition) is 4. The number of amides is 1. The number of carbonyl (C=O) groups excluding carboxylic acids is 1. The zero-order valence-corrected chi connectivity index (χ0v) is 14.7. The molecule has 1 saturated heterocycles. The van der Waals surface area contributed by atoms with Gasteiger partial charge in [-0.15, -0.1) is 0 Å². The fourth-order valence-corrected chi connectivity index (χ4v) is 3.91. The van der Waals surface area contributed by atoms with Crippen LogP contribution in [0.25, 0.3) is 0 Å². The molecule has 128 valence electrons. The molecule has 0 aliphatic carbocycles. The summed E-state index contributed by atoms with van der Waals surface area (Å²) in [6.45, 7) is 4.08. The third-order valence-corrected chi connectivity index (χ3v) is 5.95. The Bertz CT molecular complexity index is 626. The average molecular weight is 360 g/mol. The smallest absolute Gasteiger partial charge is 0.219 e. The summed E-state index contributed by atoms with van der Waals surface area (Å²) in [6.07, 6.45) is 0.361. The van der Waals surface area contributed by atoms with Gasteiger partial charge in [-0.1, -0.05) is 18.5 Å². The molecule has 1 aliphatic rings. The highest BCUT2D eigenvalue weighted by molar-refractivity contribution is 7.89. The first kappa shape index (κ1) is 18.0. The molecule has 6 nitrogen and oxygen atoms in total. The summed E-state index contributed by atoms with van der Waals surface area (Å²) in [5, 5.41) is 3.28. The van der Waals surface area contributed by atoms with Crippen LogP contribution in [0.5, 0.6) is 0 Å². The van der Waals surface area contributed by atoms with E-state index in [0.717, 1.165) is 5.69 Å². The lowest BCUT2D eigenvalue weighted by atomic mass is 10.2. The van der Waals surface area contributed by atoms with Gasteiger partial charge in [-0.3, -0.25) is 4.79 Å². The number of sulfonamides is 1. The molecule has 0 bridgehead atoms. The van der Waals surface area contributed by atoms with Crippen LogP contribution in [-0.2, 0) is 14.8 Å². The number of anilines is 1. The summed E-state index contributed by atoms with van der Waals surface area (Å²) in [7, 11) is -3.33. The molecule has 1 fully saturated rings. The largest absolute Gasteiger partial charge is 0.369 e. The topological polar surface area (TPSA) is 69.7 Å². The van der Waals surface area contributed by atoms with Gasteiger partial charge in [-0.2, -0.15) is 4.31 Å². The maximum Gasteiger partial charge on any atom is 0.219 e. The van der Waals surface area contributed by atoms with Crippen molar-refractivity contribution < 1.29 is 13.2 Å². The Morgan fingerprint density at radius 2 is 1.78 bits per heavy atom. The number of nitrogens with one attached hydrogen (secondary N) is 1. The molecular weight excluding hydrogens is 338 g/mol. The minimum Gasteiger partial charge on any atom is -0.369 e. The number of piperazine rings is 1. The molecule has 0 spiro atoms. The monoisotopic (exact) mass is 359 g/mol. The van der Waals surface area contributed by atoms with Gasteiger partial charge in [0, 0.05) is 49.9 Å². The van der Waals surface area contributed by atoms with E-state index in [0.29, 0.717) is 37.6 Å². The Hall–Kier alpha value is -1.31. The third kappa shape index (κ3) is 5.09. The number of benzene rings is 1. The minimum atomic E-state index is -3.33. The molecule has 2 rings (SSSR count). The van der Waals surface area contributed by atoms with Crippen LogP contribution in [0.15, 0.2) is 24.3 Å². The van der Waals surface area contributed by atoms with Crippen LogP contribution in [0, 0.1) is 0 Å². The fraction of sp³-hybridized carbons (Fsp3) is 0.533. The van der Waals surface area contributed by atoms with E-state index in [1.165, 1.54) is 4.31 Å². The maximum absolute atomic E-state index is 12.3. The van der Waals surface area contributed by atoms with Crippen molar-refractivity contribution in [2.45, 2.75) is 13.3 Å². The number of nitrogens with zero attached hydrogens (tertiary/aromatic N) is 2. The number of hydrogen-bond donors (Lipinski definition) is 1. The Labute approximate surface area is 142 Å². The number of rotatable bonds is 6. The van der Waals surface area contributed by atoms with Gasteiger partial charge in [0.15, 0.2) is 0 Å². The second kappa shape index (κ2) is 7.99. The summed E-state index contributed by atoms with van der Waals surface area (Å²) < 4.78 is 26.1. The average Bonchev–Trinajstić information content (AvgIpc) is 2.55. The summed E-state index contributed by atoms with van der Waals surface area (Å²) in [5.41, 5.74) is 1.04. The van der Waals surface area contributed by atoms with E-state index in [-0.39, 0.29) is 18.2 Å².